The molecule has 3 N–H and O–H groups in total. The van der Waals surface area contributed by atoms with Gasteiger partial charge in [-0.25, -0.2) is 4.79 Å². The highest BCUT2D eigenvalue weighted by Gasteiger charge is 2.35. The second-order valence-electron chi connectivity index (χ2n) is 6.53. The third-order valence-electron chi connectivity index (χ3n) is 3.60. The van der Waals surface area contributed by atoms with Crippen molar-refractivity contribution in [2.75, 3.05) is 0 Å². The minimum Gasteiger partial charge on any atom is -0.481 e. The van der Waals surface area contributed by atoms with E-state index < -0.39 is 5.97 Å². The topological polar surface area (TPSA) is 78.4 Å². The highest BCUT2D eigenvalue weighted by atomic mass is 16.4. The average molecular weight is 256 g/mol. The van der Waals surface area contributed by atoms with E-state index in [1.807, 2.05) is 27.7 Å². The molecule has 0 bridgehead atoms. The van der Waals surface area contributed by atoms with Crippen LogP contribution >= 0.6 is 0 Å². The Morgan fingerprint density at radius 1 is 1.33 bits per heavy atom. The van der Waals surface area contributed by atoms with Gasteiger partial charge in [0.15, 0.2) is 0 Å². The lowest BCUT2D eigenvalue weighted by atomic mass is 9.78. The van der Waals surface area contributed by atoms with Crippen LogP contribution in [0.25, 0.3) is 0 Å². The zero-order valence-electron chi connectivity index (χ0n) is 11.7. The third kappa shape index (κ3) is 4.20. The van der Waals surface area contributed by atoms with Crippen molar-refractivity contribution in [1.82, 2.24) is 10.6 Å². The van der Waals surface area contributed by atoms with Gasteiger partial charge in [0, 0.05) is 11.6 Å². The number of rotatable bonds is 4. The molecular weight excluding hydrogens is 232 g/mol. The van der Waals surface area contributed by atoms with Crippen LogP contribution in [0.15, 0.2) is 0 Å². The molecule has 1 unspecified atom stereocenters. The Labute approximate surface area is 108 Å². The molecule has 0 aliphatic heterocycles. The van der Waals surface area contributed by atoms with Crippen molar-refractivity contribution in [3.63, 3.8) is 0 Å². The van der Waals surface area contributed by atoms with Crippen molar-refractivity contribution in [3.05, 3.63) is 0 Å². The summed E-state index contributed by atoms with van der Waals surface area (Å²) in [7, 11) is 0. The number of hydrogen-bond donors (Lipinski definition) is 3. The van der Waals surface area contributed by atoms with Gasteiger partial charge in [-0.2, -0.15) is 0 Å². The molecule has 0 aromatic carbocycles. The van der Waals surface area contributed by atoms with Crippen LogP contribution < -0.4 is 10.6 Å². The lowest BCUT2D eigenvalue weighted by molar-refractivity contribution is -0.138. The van der Waals surface area contributed by atoms with Crippen LogP contribution in [-0.2, 0) is 4.79 Å². The van der Waals surface area contributed by atoms with E-state index in [9.17, 15) is 9.59 Å². The number of aliphatic carboxylic acids is 1. The molecule has 0 aromatic rings. The molecular formula is C13H24N2O3. The van der Waals surface area contributed by atoms with Crippen LogP contribution in [0, 0.1) is 5.41 Å². The summed E-state index contributed by atoms with van der Waals surface area (Å²) in [5.41, 5.74) is -0.397. The zero-order chi connectivity index (χ0) is 14.0. The van der Waals surface area contributed by atoms with Gasteiger partial charge in [-0.15, -0.1) is 0 Å². The van der Waals surface area contributed by atoms with E-state index in [4.69, 9.17) is 5.11 Å². The molecule has 5 heteroatoms. The summed E-state index contributed by atoms with van der Waals surface area (Å²) in [5, 5.41) is 14.6. The summed E-state index contributed by atoms with van der Waals surface area (Å²) in [6.45, 7) is 7.78. The van der Waals surface area contributed by atoms with Gasteiger partial charge in [0.05, 0.1) is 6.42 Å². The van der Waals surface area contributed by atoms with E-state index in [1.54, 1.807) is 0 Å². The van der Waals surface area contributed by atoms with Gasteiger partial charge in [-0.1, -0.05) is 20.8 Å². The van der Waals surface area contributed by atoms with Crippen LogP contribution in [-0.4, -0.2) is 28.7 Å². The number of nitrogens with one attached hydrogen (secondary N) is 2. The Balaban J connectivity index is 2.54. The normalized spacial score (nSPS) is 19.6. The second-order valence-corrected chi connectivity index (χ2v) is 6.53. The number of carbonyl (C=O) groups is 2. The van der Waals surface area contributed by atoms with E-state index in [2.05, 4.69) is 10.6 Å². The summed E-state index contributed by atoms with van der Waals surface area (Å²) < 4.78 is 0. The standard InChI is InChI=1S/C13H24N2O3/c1-12(2,3)9(8-10(16)17)14-11(18)15-13(4)6-5-7-13/h9H,5-8H2,1-4H3,(H,16,17)(H2,14,15,18). The fourth-order valence-corrected chi connectivity index (χ4v) is 2.05. The smallest absolute Gasteiger partial charge is 0.315 e. The van der Waals surface area contributed by atoms with Gasteiger partial charge in [0.2, 0.25) is 0 Å². The molecule has 1 saturated carbocycles. The molecule has 1 aliphatic rings. The van der Waals surface area contributed by atoms with Crippen molar-refractivity contribution in [2.24, 2.45) is 5.41 Å². The van der Waals surface area contributed by atoms with Crippen molar-refractivity contribution in [3.8, 4) is 0 Å². The van der Waals surface area contributed by atoms with Gasteiger partial charge in [0.25, 0.3) is 0 Å². The van der Waals surface area contributed by atoms with Crippen LogP contribution in [0.4, 0.5) is 4.79 Å². The van der Waals surface area contributed by atoms with Crippen molar-refractivity contribution >= 4 is 12.0 Å². The Morgan fingerprint density at radius 3 is 2.22 bits per heavy atom. The van der Waals surface area contributed by atoms with Gasteiger partial charge < -0.3 is 15.7 Å². The van der Waals surface area contributed by atoms with E-state index in [1.165, 1.54) is 0 Å². The number of amides is 2. The maximum Gasteiger partial charge on any atom is 0.315 e. The molecule has 5 nitrogen and oxygen atoms in total. The summed E-state index contributed by atoms with van der Waals surface area (Å²) in [6, 6.07) is -0.642. The molecule has 104 valence electrons. The Morgan fingerprint density at radius 2 is 1.89 bits per heavy atom. The quantitative estimate of drug-likeness (QED) is 0.721. The number of urea groups is 1. The van der Waals surface area contributed by atoms with Crippen molar-refractivity contribution < 1.29 is 14.7 Å². The zero-order valence-corrected chi connectivity index (χ0v) is 11.7. The molecule has 0 radical (unpaired) electrons. The summed E-state index contributed by atoms with van der Waals surface area (Å²) in [6.07, 6.45) is 3.04. The Hall–Kier alpha value is -1.26. The highest BCUT2D eigenvalue weighted by Crippen LogP contribution is 2.31. The Kier molecular flexibility index (Phi) is 4.24. The summed E-state index contributed by atoms with van der Waals surface area (Å²) >= 11 is 0. The van der Waals surface area contributed by atoms with E-state index >= 15 is 0 Å². The fourth-order valence-electron chi connectivity index (χ4n) is 2.05. The Bertz CT molecular complexity index is 330. The molecule has 2 amide bonds. The van der Waals surface area contributed by atoms with Gasteiger partial charge in [-0.3, -0.25) is 4.79 Å². The molecule has 18 heavy (non-hydrogen) atoms. The van der Waals surface area contributed by atoms with Crippen molar-refractivity contribution in [2.45, 2.75) is 65.0 Å². The van der Waals surface area contributed by atoms with Gasteiger partial charge in [0.1, 0.15) is 0 Å². The lowest BCUT2D eigenvalue weighted by Gasteiger charge is -2.40. The van der Waals surface area contributed by atoms with Crippen LogP contribution in [0.3, 0.4) is 0 Å². The van der Waals surface area contributed by atoms with E-state index in [-0.39, 0.29) is 29.4 Å². The first-order valence-corrected chi connectivity index (χ1v) is 6.43. The minimum atomic E-state index is -0.898. The molecule has 1 fully saturated rings. The average Bonchev–Trinajstić information content (AvgIpc) is 2.11. The SMILES string of the molecule is CC1(NC(=O)NC(CC(=O)O)C(C)(C)C)CCC1. The van der Waals surface area contributed by atoms with Gasteiger partial charge >= 0.3 is 12.0 Å². The molecule has 0 saturated heterocycles. The largest absolute Gasteiger partial charge is 0.481 e. The third-order valence-corrected chi connectivity index (χ3v) is 3.60. The van der Waals surface area contributed by atoms with Gasteiger partial charge in [-0.05, 0) is 31.6 Å². The van der Waals surface area contributed by atoms with Crippen LogP contribution in [0.1, 0.15) is 53.4 Å². The minimum absolute atomic E-state index is 0.0619. The van der Waals surface area contributed by atoms with E-state index in [0.29, 0.717) is 0 Å². The predicted molar refractivity (Wildman–Crippen MR) is 69.4 cm³/mol. The first kappa shape index (κ1) is 14.8. The molecule has 0 spiro atoms. The van der Waals surface area contributed by atoms with Crippen LogP contribution in [0.5, 0.6) is 0 Å². The molecule has 0 heterocycles. The lowest BCUT2D eigenvalue weighted by Crippen LogP contribution is -2.57. The van der Waals surface area contributed by atoms with E-state index in [0.717, 1.165) is 19.3 Å². The number of carboxylic acid groups (broad SMARTS) is 1. The monoisotopic (exact) mass is 256 g/mol. The first-order chi connectivity index (χ1) is 8.12. The number of carbonyl (C=O) groups excluding carboxylic acids is 1. The predicted octanol–water partition coefficient (Wildman–Crippen LogP) is 2.12. The first-order valence-electron chi connectivity index (χ1n) is 6.43. The molecule has 1 rings (SSSR count). The maximum absolute atomic E-state index is 11.9. The number of hydrogen-bond acceptors (Lipinski definition) is 2. The molecule has 0 aromatic heterocycles. The highest BCUT2D eigenvalue weighted by molar-refractivity contribution is 5.76. The second kappa shape index (κ2) is 5.16. The number of carboxylic acids is 1. The molecule has 1 atom stereocenters. The summed E-state index contributed by atoms with van der Waals surface area (Å²) in [4.78, 5) is 22.7. The summed E-state index contributed by atoms with van der Waals surface area (Å²) in [5.74, 6) is -0.898. The van der Waals surface area contributed by atoms with Crippen LogP contribution in [0.2, 0.25) is 0 Å². The molecule has 1 aliphatic carbocycles. The van der Waals surface area contributed by atoms with Crippen molar-refractivity contribution in [1.29, 1.82) is 0 Å². The fraction of sp³-hybridized carbons (Fsp3) is 0.846. The maximum atomic E-state index is 11.9.